The van der Waals surface area contributed by atoms with Gasteiger partial charge in [0.05, 0.1) is 10.9 Å². The highest BCUT2D eigenvalue weighted by molar-refractivity contribution is 7.17. The minimum atomic E-state index is -0.305. The fourth-order valence-electron chi connectivity index (χ4n) is 3.50. The molecule has 2 aromatic heterocycles. The molecule has 0 radical (unpaired) electrons. The average Bonchev–Trinajstić information content (AvgIpc) is 3.18. The molecule has 0 aliphatic carbocycles. The van der Waals surface area contributed by atoms with E-state index in [9.17, 15) is 9.50 Å². The predicted molar refractivity (Wildman–Crippen MR) is 95.6 cm³/mol. The minimum Gasteiger partial charge on any atom is -0.492 e. The quantitative estimate of drug-likeness (QED) is 0.769. The molecule has 0 spiro atoms. The van der Waals surface area contributed by atoms with Gasteiger partial charge in [0.15, 0.2) is 5.82 Å². The summed E-state index contributed by atoms with van der Waals surface area (Å²) in [5.74, 6) is 0.533. The zero-order valence-corrected chi connectivity index (χ0v) is 15.0. The first kappa shape index (κ1) is 16.5. The van der Waals surface area contributed by atoms with E-state index in [1.807, 2.05) is 13.0 Å². The van der Waals surface area contributed by atoms with E-state index in [1.165, 1.54) is 28.3 Å². The Labute approximate surface area is 149 Å². The minimum absolute atomic E-state index is 0.0750. The lowest BCUT2D eigenvalue weighted by Gasteiger charge is -2.34. The third-order valence-corrected chi connectivity index (χ3v) is 5.84. The SMILES string of the molecule is CCc1nc2sc(C(c3ccccc3F)N3CCCCC3)c(O)n2n1. The number of hydrogen-bond acceptors (Lipinski definition) is 5. The number of hydrogen-bond donors (Lipinski definition) is 1. The summed E-state index contributed by atoms with van der Waals surface area (Å²) in [5.41, 5.74) is 0.597. The van der Waals surface area contributed by atoms with Gasteiger partial charge in [0.2, 0.25) is 10.8 Å². The number of halogens is 1. The van der Waals surface area contributed by atoms with E-state index in [0.29, 0.717) is 27.6 Å². The van der Waals surface area contributed by atoms with Crippen LogP contribution < -0.4 is 0 Å². The number of benzene rings is 1. The number of rotatable bonds is 4. The number of thiazole rings is 1. The Morgan fingerprint density at radius 3 is 2.68 bits per heavy atom. The molecule has 1 saturated heterocycles. The van der Waals surface area contributed by atoms with Crippen molar-refractivity contribution in [3.8, 4) is 5.88 Å². The van der Waals surface area contributed by atoms with Gasteiger partial charge in [-0.3, -0.25) is 4.90 Å². The molecule has 1 unspecified atom stereocenters. The Morgan fingerprint density at radius 2 is 2.00 bits per heavy atom. The second-order valence-electron chi connectivity index (χ2n) is 6.39. The average molecular weight is 360 g/mol. The zero-order chi connectivity index (χ0) is 17.4. The maximum absolute atomic E-state index is 14.6. The fourth-order valence-corrected chi connectivity index (χ4v) is 4.62. The van der Waals surface area contributed by atoms with Crippen molar-refractivity contribution in [2.45, 2.75) is 38.6 Å². The number of aryl methyl sites for hydroxylation is 1. The van der Waals surface area contributed by atoms with Gasteiger partial charge in [0, 0.05) is 12.0 Å². The molecule has 132 valence electrons. The van der Waals surface area contributed by atoms with Crippen LogP contribution in [-0.2, 0) is 6.42 Å². The van der Waals surface area contributed by atoms with Crippen LogP contribution in [-0.4, -0.2) is 37.7 Å². The molecule has 3 aromatic rings. The van der Waals surface area contributed by atoms with Crippen LogP contribution in [0, 0.1) is 5.82 Å². The van der Waals surface area contributed by atoms with Crippen LogP contribution in [0.25, 0.3) is 4.96 Å². The highest BCUT2D eigenvalue weighted by Gasteiger charge is 2.31. The molecule has 1 aromatic carbocycles. The highest BCUT2D eigenvalue weighted by atomic mass is 32.1. The Balaban J connectivity index is 1.84. The summed E-state index contributed by atoms with van der Waals surface area (Å²) in [7, 11) is 0. The van der Waals surface area contributed by atoms with Crippen LogP contribution in [0.15, 0.2) is 24.3 Å². The molecule has 0 amide bonds. The maximum Gasteiger partial charge on any atom is 0.230 e. The molecule has 25 heavy (non-hydrogen) atoms. The van der Waals surface area contributed by atoms with Gasteiger partial charge in [-0.1, -0.05) is 42.9 Å². The molecular weight excluding hydrogens is 339 g/mol. The number of fused-ring (bicyclic) bond motifs is 1. The summed E-state index contributed by atoms with van der Waals surface area (Å²) in [6, 6.07) is 6.53. The smallest absolute Gasteiger partial charge is 0.230 e. The molecule has 1 aliphatic heterocycles. The lowest BCUT2D eigenvalue weighted by molar-refractivity contribution is 0.184. The lowest BCUT2D eigenvalue weighted by Crippen LogP contribution is -2.34. The molecule has 4 rings (SSSR count). The van der Waals surface area contributed by atoms with Gasteiger partial charge in [-0.15, -0.1) is 5.10 Å². The Kier molecular flexibility index (Phi) is 4.43. The van der Waals surface area contributed by atoms with E-state index in [1.54, 1.807) is 12.1 Å². The Hall–Kier alpha value is -1.99. The summed E-state index contributed by atoms with van der Waals surface area (Å²) < 4.78 is 16.1. The molecule has 1 atom stereocenters. The number of aromatic nitrogens is 3. The van der Waals surface area contributed by atoms with E-state index >= 15 is 0 Å². The van der Waals surface area contributed by atoms with Gasteiger partial charge in [-0.25, -0.2) is 9.37 Å². The van der Waals surface area contributed by atoms with E-state index < -0.39 is 0 Å². The van der Waals surface area contributed by atoms with Crippen LogP contribution in [0.2, 0.25) is 0 Å². The number of piperidine rings is 1. The molecule has 3 heterocycles. The van der Waals surface area contributed by atoms with Crippen LogP contribution >= 0.6 is 11.3 Å². The standard InChI is InChI=1S/C18H21FN4OS/c1-2-14-20-18-23(21-14)17(24)16(25-18)15(22-10-6-3-7-11-22)12-8-4-5-9-13(12)19/h4-5,8-9,15,24H,2-3,6-7,10-11H2,1H3. The Bertz CT molecular complexity index is 884. The highest BCUT2D eigenvalue weighted by Crippen LogP contribution is 2.41. The van der Waals surface area contributed by atoms with Crippen molar-refractivity contribution in [3.05, 3.63) is 46.3 Å². The van der Waals surface area contributed by atoms with Gasteiger partial charge in [-0.05, 0) is 32.0 Å². The van der Waals surface area contributed by atoms with Gasteiger partial charge in [0.1, 0.15) is 5.82 Å². The molecular formula is C18H21FN4OS. The van der Waals surface area contributed by atoms with E-state index in [4.69, 9.17) is 0 Å². The summed E-state index contributed by atoms with van der Waals surface area (Å²) >= 11 is 1.40. The molecule has 1 fully saturated rings. The van der Waals surface area contributed by atoms with Crippen molar-refractivity contribution in [3.63, 3.8) is 0 Å². The Morgan fingerprint density at radius 1 is 1.24 bits per heavy atom. The van der Waals surface area contributed by atoms with Gasteiger partial charge >= 0.3 is 0 Å². The van der Waals surface area contributed by atoms with Crippen molar-refractivity contribution >= 4 is 16.3 Å². The first-order valence-electron chi connectivity index (χ1n) is 8.74. The van der Waals surface area contributed by atoms with Crippen LogP contribution in [0.3, 0.4) is 0 Å². The van der Waals surface area contributed by atoms with Crippen molar-refractivity contribution in [2.75, 3.05) is 13.1 Å². The van der Waals surface area contributed by atoms with E-state index in [-0.39, 0.29) is 17.7 Å². The van der Waals surface area contributed by atoms with E-state index in [0.717, 1.165) is 25.9 Å². The summed E-state index contributed by atoms with van der Waals surface area (Å²) in [4.78, 5) is 8.08. The number of likely N-dealkylation sites (tertiary alicyclic amines) is 1. The van der Waals surface area contributed by atoms with Crippen molar-refractivity contribution in [1.29, 1.82) is 0 Å². The summed E-state index contributed by atoms with van der Waals surface area (Å²) in [6.45, 7) is 3.77. The van der Waals surface area contributed by atoms with Crippen LogP contribution in [0.4, 0.5) is 4.39 Å². The molecule has 0 bridgehead atoms. The van der Waals surface area contributed by atoms with Crippen LogP contribution in [0.1, 0.15) is 48.5 Å². The van der Waals surface area contributed by atoms with Crippen molar-refractivity contribution < 1.29 is 9.50 Å². The first-order chi connectivity index (χ1) is 12.2. The number of nitrogens with zero attached hydrogens (tertiary/aromatic N) is 4. The molecule has 0 saturated carbocycles. The predicted octanol–water partition coefficient (Wildman–Crippen LogP) is 3.77. The second-order valence-corrected chi connectivity index (χ2v) is 7.40. The van der Waals surface area contributed by atoms with Gasteiger partial charge in [-0.2, -0.15) is 4.52 Å². The lowest BCUT2D eigenvalue weighted by atomic mass is 10.00. The van der Waals surface area contributed by atoms with Crippen molar-refractivity contribution in [1.82, 2.24) is 19.5 Å². The topological polar surface area (TPSA) is 53.7 Å². The third kappa shape index (κ3) is 2.91. The van der Waals surface area contributed by atoms with Gasteiger partial charge < -0.3 is 5.11 Å². The molecule has 7 heteroatoms. The molecule has 1 N–H and O–H groups in total. The normalized spacial score (nSPS) is 17.2. The van der Waals surface area contributed by atoms with Crippen LogP contribution in [0.5, 0.6) is 5.88 Å². The second kappa shape index (κ2) is 6.72. The third-order valence-electron chi connectivity index (χ3n) is 4.76. The van der Waals surface area contributed by atoms with Crippen molar-refractivity contribution in [2.24, 2.45) is 0 Å². The first-order valence-corrected chi connectivity index (χ1v) is 9.56. The maximum atomic E-state index is 14.6. The fraction of sp³-hybridized carbons (Fsp3) is 0.444. The van der Waals surface area contributed by atoms with Gasteiger partial charge in [0.25, 0.3) is 0 Å². The molecule has 5 nitrogen and oxygen atoms in total. The largest absolute Gasteiger partial charge is 0.492 e. The van der Waals surface area contributed by atoms with E-state index in [2.05, 4.69) is 15.0 Å². The molecule has 1 aliphatic rings. The number of aromatic hydroxyl groups is 1. The zero-order valence-electron chi connectivity index (χ0n) is 14.2. The summed E-state index contributed by atoms with van der Waals surface area (Å²) in [5, 5.41) is 15.1. The monoisotopic (exact) mass is 360 g/mol. The summed E-state index contributed by atoms with van der Waals surface area (Å²) in [6.07, 6.45) is 4.09.